The van der Waals surface area contributed by atoms with E-state index < -0.39 is 46.6 Å². The molecule has 1 N–H and O–H groups in total. The maximum atomic E-state index is 14.0. The molecule has 3 amide bonds. The Labute approximate surface area is 222 Å². The normalized spacial score (nSPS) is 23.2. The second-order valence-electron chi connectivity index (χ2n) is 9.57. The van der Waals surface area contributed by atoms with Crippen LogP contribution in [0.2, 0.25) is 5.02 Å². The van der Waals surface area contributed by atoms with Crippen LogP contribution in [0.3, 0.4) is 0 Å². The highest BCUT2D eigenvalue weighted by molar-refractivity contribution is 6.30. The lowest BCUT2D eigenvalue weighted by atomic mass is 9.84. The molecular weight excluding hydrogens is 508 g/mol. The van der Waals surface area contributed by atoms with Gasteiger partial charge in [-0.25, -0.2) is 4.90 Å². The van der Waals surface area contributed by atoms with Crippen molar-refractivity contribution in [3.8, 4) is 0 Å². The number of halogens is 1. The van der Waals surface area contributed by atoms with Crippen LogP contribution < -0.4 is 10.2 Å². The molecule has 9 nitrogen and oxygen atoms in total. The van der Waals surface area contributed by atoms with Gasteiger partial charge in [-0.2, -0.15) is 0 Å². The minimum atomic E-state index is -0.954. The number of non-ortho nitro benzene ring substituents is 1. The first-order chi connectivity index (χ1) is 18.3. The zero-order valence-corrected chi connectivity index (χ0v) is 20.8. The summed E-state index contributed by atoms with van der Waals surface area (Å²) >= 11 is 5.98. The van der Waals surface area contributed by atoms with Crippen molar-refractivity contribution in [1.82, 2.24) is 4.90 Å². The predicted octanol–water partition coefficient (Wildman–Crippen LogP) is 4.71. The summed E-state index contributed by atoms with van der Waals surface area (Å²) in [5.41, 5.74) is 2.85. The van der Waals surface area contributed by atoms with Gasteiger partial charge in [0.05, 0.1) is 28.5 Å². The molecule has 0 aromatic heterocycles. The molecule has 3 aromatic rings. The molecule has 0 bridgehead atoms. The SMILES string of the molecule is Cc1cc([N+](=O)[O-])ccc1N1C(=O)[C@@H]2[C@H](C1=O)[C@@H]1c3ccccc3C=CN1[C@@H]2C(=O)Nc1ccc(Cl)cc1. The molecule has 2 fully saturated rings. The maximum absolute atomic E-state index is 14.0. The van der Waals surface area contributed by atoms with E-state index in [4.69, 9.17) is 11.6 Å². The van der Waals surface area contributed by atoms with Gasteiger partial charge in [0.25, 0.3) is 5.69 Å². The molecule has 3 heterocycles. The monoisotopic (exact) mass is 528 g/mol. The lowest BCUT2D eigenvalue weighted by molar-refractivity contribution is -0.384. The number of hydrogen-bond donors (Lipinski definition) is 1. The van der Waals surface area contributed by atoms with E-state index in [1.807, 2.05) is 30.3 Å². The molecule has 10 heteroatoms. The molecule has 0 unspecified atom stereocenters. The molecule has 0 spiro atoms. The molecule has 38 heavy (non-hydrogen) atoms. The smallest absolute Gasteiger partial charge is 0.269 e. The predicted molar refractivity (Wildman–Crippen MR) is 141 cm³/mol. The van der Waals surface area contributed by atoms with Gasteiger partial charge in [0.15, 0.2) is 0 Å². The van der Waals surface area contributed by atoms with Gasteiger partial charge < -0.3 is 10.2 Å². The molecule has 4 atom stereocenters. The summed E-state index contributed by atoms with van der Waals surface area (Å²) in [5.74, 6) is -3.13. The molecule has 0 radical (unpaired) electrons. The lowest BCUT2D eigenvalue weighted by Gasteiger charge is -2.35. The zero-order chi connectivity index (χ0) is 26.7. The molecule has 2 saturated heterocycles. The Bertz CT molecular complexity index is 1550. The fraction of sp³-hybridized carbons (Fsp3) is 0.179. The molecule has 6 rings (SSSR count). The van der Waals surface area contributed by atoms with Crippen LogP contribution in [-0.4, -0.2) is 33.6 Å². The average molecular weight is 529 g/mol. The number of nitrogens with one attached hydrogen (secondary N) is 1. The van der Waals surface area contributed by atoms with E-state index in [0.29, 0.717) is 16.3 Å². The van der Waals surface area contributed by atoms with E-state index in [9.17, 15) is 24.5 Å². The minimum Gasteiger partial charge on any atom is -0.357 e. The summed E-state index contributed by atoms with van der Waals surface area (Å²) in [6, 6.07) is 16.8. The van der Waals surface area contributed by atoms with Crippen LogP contribution >= 0.6 is 11.6 Å². The van der Waals surface area contributed by atoms with Crippen molar-refractivity contribution in [3.63, 3.8) is 0 Å². The van der Waals surface area contributed by atoms with Gasteiger partial charge in [-0.1, -0.05) is 35.9 Å². The Morgan fingerprint density at radius 3 is 2.42 bits per heavy atom. The average Bonchev–Trinajstić information content (AvgIpc) is 3.38. The van der Waals surface area contributed by atoms with Gasteiger partial charge >= 0.3 is 0 Å². The van der Waals surface area contributed by atoms with Gasteiger partial charge in [-0.15, -0.1) is 0 Å². The first kappa shape index (κ1) is 23.9. The van der Waals surface area contributed by atoms with Crippen LogP contribution in [-0.2, 0) is 14.4 Å². The number of carbonyl (C=O) groups is 3. The second kappa shape index (κ2) is 8.81. The van der Waals surface area contributed by atoms with Gasteiger partial charge in [0.1, 0.15) is 6.04 Å². The first-order valence-electron chi connectivity index (χ1n) is 12.0. The fourth-order valence-corrected chi connectivity index (χ4v) is 5.97. The summed E-state index contributed by atoms with van der Waals surface area (Å²) in [5, 5.41) is 14.6. The van der Waals surface area contributed by atoms with Gasteiger partial charge in [0, 0.05) is 29.0 Å². The number of anilines is 2. The lowest BCUT2D eigenvalue weighted by Crippen LogP contribution is -2.46. The first-order valence-corrected chi connectivity index (χ1v) is 12.4. The highest BCUT2D eigenvalue weighted by atomic mass is 35.5. The Kier molecular flexibility index (Phi) is 5.53. The highest BCUT2D eigenvalue weighted by Crippen LogP contribution is 2.53. The Morgan fingerprint density at radius 1 is 1.00 bits per heavy atom. The van der Waals surface area contributed by atoms with Crippen molar-refractivity contribution in [3.05, 3.63) is 105 Å². The molecular formula is C28H21ClN4O5. The Morgan fingerprint density at radius 2 is 1.71 bits per heavy atom. The number of benzene rings is 3. The van der Waals surface area contributed by atoms with E-state index in [2.05, 4.69) is 5.32 Å². The molecule has 3 aliphatic heterocycles. The Hall–Kier alpha value is -4.50. The second-order valence-corrected chi connectivity index (χ2v) is 10.0. The van der Waals surface area contributed by atoms with Crippen LogP contribution in [0.25, 0.3) is 6.08 Å². The summed E-state index contributed by atoms with van der Waals surface area (Å²) in [7, 11) is 0. The maximum Gasteiger partial charge on any atom is 0.269 e. The number of imide groups is 1. The Balaban J connectivity index is 1.43. The van der Waals surface area contributed by atoms with Gasteiger partial charge in [0.2, 0.25) is 17.7 Å². The fourth-order valence-electron chi connectivity index (χ4n) is 5.85. The number of hydrogen-bond acceptors (Lipinski definition) is 6. The summed E-state index contributed by atoms with van der Waals surface area (Å²) in [6.07, 6.45) is 3.65. The minimum absolute atomic E-state index is 0.136. The molecule has 0 saturated carbocycles. The van der Waals surface area contributed by atoms with E-state index in [1.165, 1.54) is 18.2 Å². The number of carbonyl (C=O) groups excluding carboxylic acids is 3. The van der Waals surface area contributed by atoms with Gasteiger partial charge in [-0.3, -0.25) is 24.5 Å². The number of aryl methyl sites for hydroxylation is 1. The third kappa shape index (κ3) is 3.58. The van der Waals surface area contributed by atoms with Gasteiger partial charge in [-0.05, 0) is 60.0 Å². The molecule has 3 aromatic carbocycles. The van der Waals surface area contributed by atoms with Crippen molar-refractivity contribution in [1.29, 1.82) is 0 Å². The van der Waals surface area contributed by atoms with Crippen LogP contribution in [0, 0.1) is 28.9 Å². The summed E-state index contributed by atoms with van der Waals surface area (Å²) in [4.78, 5) is 55.2. The highest BCUT2D eigenvalue weighted by Gasteiger charge is 2.64. The number of fused-ring (bicyclic) bond motifs is 5. The molecule has 3 aliphatic rings. The van der Waals surface area contributed by atoms with E-state index in [-0.39, 0.29) is 11.4 Å². The van der Waals surface area contributed by atoms with Crippen molar-refractivity contribution >= 4 is 52.5 Å². The van der Waals surface area contributed by atoms with Crippen LogP contribution in [0.15, 0.2) is 72.9 Å². The quantitative estimate of drug-likeness (QED) is 0.298. The number of rotatable bonds is 4. The molecule has 0 aliphatic carbocycles. The van der Waals surface area contributed by atoms with E-state index in [0.717, 1.165) is 16.0 Å². The van der Waals surface area contributed by atoms with Crippen molar-refractivity contribution in [2.75, 3.05) is 10.2 Å². The van der Waals surface area contributed by atoms with Crippen LogP contribution in [0.5, 0.6) is 0 Å². The molecule has 190 valence electrons. The third-order valence-corrected chi connectivity index (χ3v) is 7.73. The third-order valence-electron chi connectivity index (χ3n) is 7.47. The number of nitro benzene ring substituents is 1. The van der Waals surface area contributed by atoms with Crippen LogP contribution in [0.4, 0.5) is 17.1 Å². The largest absolute Gasteiger partial charge is 0.357 e. The van der Waals surface area contributed by atoms with Crippen molar-refractivity contribution < 1.29 is 19.3 Å². The number of nitro groups is 1. The van der Waals surface area contributed by atoms with E-state index >= 15 is 0 Å². The number of nitrogens with zero attached hydrogens (tertiary/aromatic N) is 3. The standard InChI is InChI=1S/C28H21ClN4O5/c1-15-14-19(33(37)38)10-11-21(15)32-27(35)22-23(28(32)36)25(26(34)30-18-8-6-17(29)7-9-18)31-13-12-16-4-2-3-5-20(16)24(22)31/h2-14,22-25H,1H3,(H,30,34)/t22-,23+,24-,25-/m0/s1. The van der Waals surface area contributed by atoms with Crippen molar-refractivity contribution in [2.24, 2.45) is 11.8 Å². The number of amides is 3. The zero-order valence-electron chi connectivity index (χ0n) is 20.1. The van der Waals surface area contributed by atoms with Crippen LogP contribution in [0.1, 0.15) is 22.7 Å². The topological polar surface area (TPSA) is 113 Å². The summed E-state index contributed by atoms with van der Waals surface area (Å²) < 4.78 is 0. The summed E-state index contributed by atoms with van der Waals surface area (Å²) in [6.45, 7) is 1.62. The van der Waals surface area contributed by atoms with E-state index in [1.54, 1.807) is 42.3 Å². The van der Waals surface area contributed by atoms with Crippen molar-refractivity contribution in [2.45, 2.75) is 19.0 Å².